The molecule has 5 rings (SSSR count). The SMILES string of the molecule is CC(C)(C)OC(=O)[C@@H](NC(=O)c1ccc2ccccc2c1OCc1ccc(C(F)(F)F)cc1)C1CC2CC2C1. The summed E-state index contributed by atoms with van der Waals surface area (Å²) in [6.45, 7) is 5.36. The Morgan fingerprint density at radius 2 is 1.59 bits per heavy atom. The van der Waals surface area contributed by atoms with Crippen molar-refractivity contribution in [3.8, 4) is 5.75 Å². The molecule has 2 aliphatic carbocycles. The van der Waals surface area contributed by atoms with E-state index >= 15 is 0 Å². The average Bonchev–Trinajstić information content (AvgIpc) is 3.48. The van der Waals surface area contributed by atoms with E-state index in [0.717, 1.165) is 30.4 Å². The first-order chi connectivity index (χ1) is 18.4. The van der Waals surface area contributed by atoms with Gasteiger partial charge in [-0.05, 0) is 86.9 Å². The van der Waals surface area contributed by atoms with Crippen LogP contribution in [0.2, 0.25) is 0 Å². The van der Waals surface area contributed by atoms with Crippen LogP contribution in [-0.4, -0.2) is 23.5 Å². The highest BCUT2D eigenvalue weighted by Gasteiger charge is 2.50. The molecule has 0 saturated heterocycles. The molecule has 1 amide bonds. The highest BCUT2D eigenvalue weighted by molar-refractivity contribution is 6.05. The fourth-order valence-corrected chi connectivity index (χ4v) is 5.51. The second kappa shape index (κ2) is 10.2. The van der Waals surface area contributed by atoms with E-state index in [-0.39, 0.29) is 18.1 Å². The van der Waals surface area contributed by atoms with E-state index in [1.54, 1.807) is 26.8 Å². The summed E-state index contributed by atoms with van der Waals surface area (Å²) in [5.74, 6) is 0.627. The average molecular weight is 540 g/mol. The van der Waals surface area contributed by atoms with Crippen LogP contribution in [0.5, 0.6) is 5.75 Å². The zero-order chi connectivity index (χ0) is 27.9. The number of carbonyl (C=O) groups is 2. The number of ether oxygens (including phenoxy) is 2. The third-order valence-electron chi connectivity index (χ3n) is 7.49. The molecule has 2 unspecified atom stereocenters. The zero-order valence-corrected chi connectivity index (χ0v) is 22.2. The quantitative estimate of drug-likeness (QED) is 0.331. The van der Waals surface area contributed by atoms with Crippen molar-refractivity contribution in [3.63, 3.8) is 0 Å². The van der Waals surface area contributed by atoms with Crippen molar-refractivity contribution in [1.29, 1.82) is 0 Å². The van der Waals surface area contributed by atoms with E-state index in [1.807, 2.05) is 30.3 Å². The Hall–Kier alpha value is -3.55. The number of halogens is 3. The van der Waals surface area contributed by atoms with Crippen LogP contribution in [0.25, 0.3) is 10.8 Å². The van der Waals surface area contributed by atoms with Crippen LogP contribution in [0, 0.1) is 17.8 Å². The summed E-state index contributed by atoms with van der Waals surface area (Å²) >= 11 is 0. The molecule has 8 heteroatoms. The summed E-state index contributed by atoms with van der Waals surface area (Å²) in [5.41, 5.74) is -0.661. The number of hydrogen-bond acceptors (Lipinski definition) is 4. The van der Waals surface area contributed by atoms with Gasteiger partial charge in [0.2, 0.25) is 0 Å². The van der Waals surface area contributed by atoms with Crippen LogP contribution in [0.1, 0.15) is 61.5 Å². The molecule has 0 aromatic heterocycles. The minimum atomic E-state index is -4.43. The van der Waals surface area contributed by atoms with E-state index in [0.29, 0.717) is 28.5 Å². The van der Waals surface area contributed by atoms with Crippen molar-refractivity contribution in [2.45, 2.75) is 64.5 Å². The fourth-order valence-electron chi connectivity index (χ4n) is 5.51. The number of amides is 1. The summed E-state index contributed by atoms with van der Waals surface area (Å²) < 4.78 is 50.7. The molecule has 0 heterocycles. The summed E-state index contributed by atoms with van der Waals surface area (Å²) in [6.07, 6.45) is -1.49. The molecule has 3 atom stereocenters. The molecule has 1 N–H and O–H groups in total. The maximum Gasteiger partial charge on any atom is 0.416 e. The number of alkyl halides is 3. The van der Waals surface area contributed by atoms with Gasteiger partial charge < -0.3 is 14.8 Å². The largest absolute Gasteiger partial charge is 0.487 e. The Labute approximate surface area is 225 Å². The Kier molecular flexibility index (Phi) is 7.08. The summed E-state index contributed by atoms with van der Waals surface area (Å²) in [6, 6.07) is 14.8. The number of fused-ring (bicyclic) bond motifs is 2. The topological polar surface area (TPSA) is 64.6 Å². The first-order valence-electron chi connectivity index (χ1n) is 13.2. The fraction of sp³-hybridized carbons (Fsp3) is 0.419. The molecule has 0 spiro atoms. The first-order valence-corrected chi connectivity index (χ1v) is 13.2. The Morgan fingerprint density at radius 3 is 2.23 bits per heavy atom. The van der Waals surface area contributed by atoms with Gasteiger partial charge in [-0.15, -0.1) is 0 Å². The van der Waals surface area contributed by atoms with E-state index in [4.69, 9.17) is 9.47 Å². The maximum absolute atomic E-state index is 13.7. The number of rotatable bonds is 7. The summed E-state index contributed by atoms with van der Waals surface area (Å²) in [7, 11) is 0. The van der Waals surface area contributed by atoms with Crippen LogP contribution >= 0.6 is 0 Å². The van der Waals surface area contributed by atoms with Crippen molar-refractivity contribution in [2.24, 2.45) is 17.8 Å². The van der Waals surface area contributed by atoms with E-state index < -0.39 is 35.3 Å². The molecule has 2 fully saturated rings. The molecular formula is C31H32F3NO4. The van der Waals surface area contributed by atoms with Crippen molar-refractivity contribution in [2.75, 3.05) is 0 Å². The van der Waals surface area contributed by atoms with Crippen molar-refractivity contribution in [1.82, 2.24) is 5.32 Å². The van der Waals surface area contributed by atoms with Gasteiger partial charge >= 0.3 is 12.1 Å². The third kappa shape index (κ3) is 6.21. The van der Waals surface area contributed by atoms with Gasteiger partial charge in [-0.2, -0.15) is 13.2 Å². The van der Waals surface area contributed by atoms with Gasteiger partial charge in [-0.3, -0.25) is 4.79 Å². The second-order valence-corrected chi connectivity index (χ2v) is 11.6. The lowest BCUT2D eigenvalue weighted by atomic mass is 9.93. The van der Waals surface area contributed by atoms with Crippen LogP contribution in [0.15, 0.2) is 60.7 Å². The number of hydrogen-bond donors (Lipinski definition) is 1. The molecule has 2 aliphatic rings. The van der Waals surface area contributed by atoms with Crippen LogP contribution in [0.4, 0.5) is 13.2 Å². The predicted octanol–water partition coefficient (Wildman–Crippen LogP) is 6.92. The Balaban J connectivity index is 1.41. The Morgan fingerprint density at radius 1 is 0.923 bits per heavy atom. The van der Waals surface area contributed by atoms with Gasteiger partial charge in [0.25, 0.3) is 5.91 Å². The smallest absolute Gasteiger partial charge is 0.416 e. The molecule has 0 radical (unpaired) electrons. The zero-order valence-electron chi connectivity index (χ0n) is 22.2. The molecule has 206 valence electrons. The molecule has 2 saturated carbocycles. The van der Waals surface area contributed by atoms with E-state index in [9.17, 15) is 22.8 Å². The third-order valence-corrected chi connectivity index (χ3v) is 7.49. The van der Waals surface area contributed by atoms with Crippen molar-refractivity contribution in [3.05, 3.63) is 77.4 Å². The van der Waals surface area contributed by atoms with Gasteiger partial charge in [0.15, 0.2) is 0 Å². The van der Waals surface area contributed by atoms with E-state index in [1.165, 1.54) is 18.6 Å². The molecular weight excluding hydrogens is 507 g/mol. The molecule has 3 aromatic rings. The second-order valence-electron chi connectivity index (χ2n) is 11.6. The Bertz CT molecular complexity index is 1370. The number of benzene rings is 3. The van der Waals surface area contributed by atoms with Gasteiger partial charge in [-0.1, -0.05) is 42.5 Å². The van der Waals surface area contributed by atoms with E-state index in [2.05, 4.69) is 5.32 Å². The monoisotopic (exact) mass is 539 g/mol. The minimum Gasteiger partial charge on any atom is -0.487 e. The van der Waals surface area contributed by atoms with Crippen molar-refractivity contribution < 1.29 is 32.2 Å². The highest BCUT2D eigenvalue weighted by Crippen LogP contribution is 2.55. The standard InChI is InChI=1S/C31H32F3NO4/c1-30(2,3)39-29(37)26(22-15-20-14-21(20)16-22)35-28(36)25-13-10-19-6-4-5-7-24(19)27(25)38-17-18-8-11-23(12-9-18)31(32,33)34/h4-13,20-22,26H,14-17H2,1-3H3,(H,35,36)/t20?,21?,22?,26-/m0/s1. The molecule has 0 aliphatic heterocycles. The lowest BCUT2D eigenvalue weighted by molar-refractivity contribution is -0.158. The lowest BCUT2D eigenvalue weighted by Gasteiger charge is -2.28. The molecule has 5 nitrogen and oxygen atoms in total. The summed E-state index contributed by atoms with van der Waals surface area (Å²) in [4.78, 5) is 26.9. The lowest BCUT2D eigenvalue weighted by Crippen LogP contribution is -2.48. The van der Waals surface area contributed by atoms with Crippen LogP contribution in [-0.2, 0) is 22.3 Å². The normalized spacial score (nSPS) is 21.2. The maximum atomic E-state index is 13.7. The molecule has 0 bridgehead atoms. The van der Waals surface area contributed by atoms with Crippen LogP contribution < -0.4 is 10.1 Å². The molecule has 39 heavy (non-hydrogen) atoms. The summed E-state index contributed by atoms with van der Waals surface area (Å²) in [5, 5.41) is 4.48. The minimum absolute atomic E-state index is 0.00419. The van der Waals surface area contributed by atoms with Gasteiger partial charge in [0.1, 0.15) is 24.0 Å². The first kappa shape index (κ1) is 27.0. The predicted molar refractivity (Wildman–Crippen MR) is 141 cm³/mol. The van der Waals surface area contributed by atoms with Gasteiger partial charge in [-0.25, -0.2) is 4.79 Å². The van der Waals surface area contributed by atoms with Crippen LogP contribution in [0.3, 0.4) is 0 Å². The number of carbonyl (C=O) groups excluding carboxylic acids is 2. The number of nitrogens with one attached hydrogen (secondary N) is 1. The highest BCUT2D eigenvalue weighted by atomic mass is 19.4. The number of esters is 1. The van der Waals surface area contributed by atoms with Gasteiger partial charge in [0, 0.05) is 5.39 Å². The van der Waals surface area contributed by atoms with Crippen molar-refractivity contribution >= 4 is 22.6 Å². The molecule has 3 aromatic carbocycles. The van der Waals surface area contributed by atoms with Gasteiger partial charge in [0.05, 0.1) is 11.1 Å².